The summed E-state index contributed by atoms with van der Waals surface area (Å²) in [5, 5.41) is 15.2. The van der Waals surface area contributed by atoms with Crippen molar-refractivity contribution in [3.8, 4) is 0 Å². The molecule has 0 bridgehead atoms. The minimum Gasteiger partial charge on any atom is -0.394 e. The van der Waals surface area contributed by atoms with Gasteiger partial charge in [0.15, 0.2) is 0 Å². The van der Waals surface area contributed by atoms with Gasteiger partial charge in [-0.15, -0.1) is 11.3 Å². The molecule has 1 heterocycles. The summed E-state index contributed by atoms with van der Waals surface area (Å²) in [7, 11) is 0. The van der Waals surface area contributed by atoms with Crippen LogP contribution in [0.15, 0.2) is 29.6 Å². The molecule has 2 rings (SSSR count). The second-order valence-electron chi connectivity index (χ2n) is 3.44. The van der Waals surface area contributed by atoms with Gasteiger partial charge in [-0.3, -0.25) is 0 Å². The molecule has 1 aromatic carbocycles. The molecule has 0 unspecified atom stereocenters. The fourth-order valence-electron chi connectivity index (χ4n) is 1.51. The van der Waals surface area contributed by atoms with Crippen LogP contribution in [0.4, 0.5) is 5.69 Å². The van der Waals surface area contributed by atoms with Crippen molar-refractivity contribution in [2.45, 2.75) is 0 Å². The van der Waals surface area contributed by atoms with Crippen LogP contribution in [0.25, 0.3) is 10.1 Å². The fraction of sp³-hybridized carbons (Fsp3) is 0.333. The minimum atomic E-state index is 0.0842. The average Bonchev–Trinajstić information content (AvgIpc) is 2.76. The molecule has 0 aliphatic carbocycles. The fourth-order valence-corrected chi connectivity index (χ4v) is 2.28. The summed E-state index contributed by atoms with van der Waals surface area (Å²) in [6.07, 6.45) is 0. The maximum atomic E-state index is 8.53. The molecule has 3 nitrogen and oxygen atoms in total. The molecular formula is C12H15NO2S. The number of hydrogen-bond donors (Lipinski definition) is 2. The predicted octanol–water partition coefficient (Wildman–Crippen LogP) is 2.32. The van der Waals surface area contributed by atoms with Crippen LogP contribution in [-0.2, 0) is 4.74 Å². The zero-order valence-electron chi connectivity index (χ0n) is 8.98. The van der Waals surface area contributed by atoms with Gasteiger partial charge in [0.2, 0.25) is 0 Å². The van der Waals surface area contributed by atoms with E-state index in [4.69, 9.17) is 9.84 Å². The van der Waals surface area contributed by atoms with E-state index in [0.717, 1.165) is 12.2 Å². The van der Waals surface area contributed by atoms with Crippen LogP contribution in [-0.4, -0.2) is 31.5 Å². The molecule has 2 aromatic rings. The third-order valence-corrected chi connectivity index (χ3v) is 3.16. The van der Waals surface area contributed by atoms with Gasteiger partial charge >= 0.3 is 0 Å². The Kier molecular flexibility index (Phi) is 4.16. The van der Waals surface area contributed by atoms with E-state index in [1.54, 1.807) is 11.3 Å². The van der Waals surface area contributed by atoms with Crippen molar-refractivity contribution in [1.29, 1.82) is 0 Å². The van der Waals surface area contributed by atoms with E-state index < -0.39 is 0 Å². The SMILES string of the molecule is OCCOCCNc1ccc2sccc2c1. The van der Waals surface area contributed by atoms with Crippen molar-refractivity contribution in [2.24, 2.45) is 0 Å². The van der Waals surface area contributed by atoms with Crippen molar-refractivity contribution in [1.82, 2.24) is 0 Å². The number of hydrogen-bond acceptors (Lipinski definition) is 4. The number of benzene rings is 1. The number of rotatable bonds is 6. The Morgan fingerprint density at radius 1 is 1.25 bits per heavy atom. The lowest BCUT2D eigenvalue weighted by molar-refractivity contribution is 0.0992. The highest BCUT2D eigenvalue weighted by atomic mass is 32.1. The van der Waals surface area contributed by atoms with E-state index in [0.29, 0.717) is 13.2 Å². The molecule has 0 radical (unpaired) electrons. The highest BCUT2D eigenvalue weighted by molar-refractivity contribution is 7.17. The van der Waals surface area contributed by atoms with E-state index in [9.17, 15) is 0 Å². The Bertz CT molecular complexity index is 441. The Labute approximate surface area is 98.7 Å². The molecule has 0 aliphatic heterocycles. The molecule has 2 N–H and O–H groups in total. The molecule has 86 valence electrons. The summed E-state index contributed by atoms with van der Waals surface area (Å²) >= 11 is 1.75. The van der Waals surface area contributed by atoms with E-state index in [2.05, 4.69) is 35.0 Å². The second kappa shape index (κ2) is 5.84. The molecule has 0 atom stereocenters. The van der Waals surface area contributed by atoms with Gasteiger partial charge < -0.3 is 15.2 Å². The molecule has 16 heavy (non-hydrogen) atoms. The normalized spacial score (nSPS) is 10.8. The van der Waals surface area contributed by atoms with Crippen LogP contribution in [0.1, 0.15) is 0 Å². The number of fused-ring (bicyclic) bond motifs is 1. The van der Waals surface area contributed by atoms with Crippen molar-refractivity contribution in [3.05, 3.63) is 29.6 Å². The van der Waals surface area contributed by atoms with Gasteiger partial charge in [-0.05, 0) is 35.0 Å². The number of nitrogens with one attached hydrogen (secondary N) is 1. The maximum absolute atomic E-state index is 8.53. The minimum absolute atomic E-state index is 0.0842. The summed E-state index contributed by atoms with van der Waals surface area (Å²) in [6.45, 7) is 1.87. The topological polar surface area (TPSA) is 41.5 Å². The predicted molar refractivity (Wildman–Crippen MR) is 68.2 cm³/mol. The third-order valence-electron chi connectivity index (χ3n) is 2.26. The molecule has 0 spiro atoms. The lowest BCUT2D eigenvalue weighted by Crippen LogP contribution is -2.11. The Balaban J connectivity index is 1.84. The quantitative estimate of drug-likeness (QED) is 0.758. The molecular weight excluding hydrogens is 222 g/mol. The zero-order chi connectivity index (χ0) is 11.2. The van der Waals surface area contributed by atoms with Crippen LogP contribution < -0.4 is 5.32 Å². The molecule has 0 saturated heterocycles. The lowest BCUT2D eigenvalue weighted by Gasteiger charge is -2.06. The van der Waals surface area contributed by atoms with Crippen LogP contribution in [0.2, 0.25) is 0 Å². The number of aliphatic hydroxyl groups is 1. The van der Waals surface area contributed by atoms with Gasteiger partial charge in [0.1, 0.15) is 0 Å². The van der Waals surface area contributed by atoms with Crippen molar-refractivity contribution >= 4 is 27.1 Å². The highest BCUT2D eigenvalue weighted by Gasteiger charge is 1.96. The molecule has 0 fully saturated rings. The third kappa shape index (κ3) is 2.95. The van der Waals surface area contributed by atoms with Gasteiger partial charge in [-0.1, -0.05) is 0 Å². The number of thiophene rings is 1. The summed E-state index contributed by atoms with van der Waals surface area (Å²) in [5.41, 5.74) is 1.11. The Hall–Kier alpha value is -1.10. The molecule has 1 aromatic heterocycles. The van der Waals surface area contributed by atoms with Gasteiger partial charge in [-0.2, -0.15) is 0 Å². The van der Waals surface area contributed by atoms with Crippen LogP contribution in [0, 0.1) is 0 Å². The van der Waals surface area contributed by atoms with Crippen LogP contribution in [0.5, 0.6) is 0 Å². The van der Waals surface area contributed by atoms with Crippen LogP contribution >= 0.6 is 11.3 Å². The summed E-state index contributed by atoms with van der Waals surface area (Å²) in [5.74, 6) is 0. The smallest absolute Gasteiger partial charge is 0.0698 e. The van der Waals surface area contributed by atoms with E-state index in [1.807, 2.05) is 0 Å². The van der Waals surface area contributed by atoms with Crippen molar-refractivity contribution in [2.75, 3.05) is 31.7 Å². The molecule has 0 saturated carbocycles. The first-order chi connectivity index (χ1) is 7.90. The summed E-state index contributed by atoms with van der Waals surface area (Å²) in [6, 6.07) is 8.45. The van der Waals surface area contributed by atoms with E-state index in [-0.39, 0.29) is 6.61 Å². The largest absolute Gasteiger partial charge is 0.394 e. The standard InChI is InChI=1S/C12H15NO2S/c14-5-7-15-6-4-13-11-1-2-12-10(9-11)3-8-16-12/h1-3,8-9,13-14H,4-7H2. The monoisotopic (exact) mass is 237 g/mol. The second-order valence-corrected chi connectivity index (χ2v) is 4.38. The van der Waals surface area contributed by atoms with E-state index >= 15 is 0 Å². The number of anilines is 1. The number of aliphatic hydroxyl groups excluding tert-OH is 1. The van der Waals surface area contributed by atoms with E-state index in [1.165, 1.54) is 10.1 Å². The first kappa shape index (κ1) is 11.4. The summed E-state index contributed by atoms with van der Waals surface area (Å²) in [4.78, 5) is 0. The maximum Gasteiger partial charge on any atom is 0.0698 e. The van der Waals surface area contributed by atoms with Crippen molar-refractivity contribution in [3.63, 3.8) is 0 Å². The van der Waals surface area contributed by atoms with Crippen molar-refractivity contribution < 1.29 is 9.84 Å². The Morgan fingerprint density at radius 3 is 3.06 bits per heavy atom. The average molecular weight is 237 g/mol. The van der Waals surface area contributed by atoms with Gasteiger partial charge in [-0.25, -0.2) is 0 Å². The first-order valence-electron chi connectivity index (χ1n) is 5.30. The van der Waals surface area contributed by atoms with Gasteiger partial charge in [0.25, 0.3) is 0 Å². The molecule has 0 aliphatic rings. The molecule has 0 amide bonds. The Morgan fingerprint density at radius 2 is 2.19 bits per heavy atom. The van der Waals surface area contributed by atoms with Gasteiger partial charge in [0.05, 0.1) is 19.8 Å². The number of ether oxygens (including phenoxy) is 1. The lowest BCUT2D eigenvalue weighted by atomic mass is 10.2. The first-order valence-corrected chi connectivity index (χ1v) is 6.18. The molecule has 4 heteroatoms. The summed E-state index contributed by atoms with van der Waals surface area (Å²) < 4.78 is 6.47. The van der Waals surface area contributed by atoms with Crippen LogP contribution in [0.3, 0.4) is 0 Å². The van der Waals surface area contributed by atoms with Gasteiger partial charge in [0, 0.05) is 16.9 Å². The highest BCUT2D eigenvalue weighted by Crippen LogP contribution is 2.23. The zero-order valence-corrected chi connectivity index (χ0v) is 9.80.